The standard InChI is InChI=1S/C49H73N13O13/c1-7-32-43(68)56-29(5)42(67)60-35(16-12-22-55-49(52)53)45(70)62-37(47(73)74)25-40(65)58-34(15-11-21-54-48(50)51)44(69)59-33(28(4)41(66)61-36(46(71)72)19-20-39(64)57-32)18-17-26(2)23-27(3)38(75-30(6)63)24-31-13-9-8-10-14-31/h7-10,13-14,17-18,23,27-29,33-38H,11-12,15-16,19-22,24-25H2,1-6H3,(H,56,68)(H,57,64)(H,58,65)(H,59,69)(H,60,67)(H,61,66)(H,62,70)(H,71,72)(H,73,74)(H4,50,51,54)(H4,52,53,55)/b18-17+,26-23+,32-7-/t27-,28-,29+,33?,34?,35-,36?,37?,38-/m0/s1. The van der Waals surface area contributed by atoms with Gasteiger partial charge in [-0.3, -0.25) is 48.3 Å². The number of rotatable bonds is 17. The molecule has 1 fully saturated rings. The van der Waals surface area contributed by atoms with Gasteiger partial charge in [0.05, 0.1) is 18.4 Å². The number of hydrogen-bond donors (Lipinski definition) is 13. The monoisotopic (exact) mass is 1050 g/mol. The van der Waals surface area contributed by atoms with Crippen LogP contribution in [-0.4, -0.2) is 137 Å². The van der Waals surface area contributed by atoms with Crippen LogP contribution in [0.2, 0.25) is 0 Å². The van der Waals surface area contributed by atoms with Crippen LogP contribution in [0.4, 0.5) is 0 Å². The van der Waals surface area contributed by atoms with Gasteiger partial charge in [-0.1, -0.05) is 74.1 Å². The highest BCUT2D eigenvalue weighted by Crippen LogP contribution is 2.19. The third-order valence-electron chi connectivity index (χ3n) is 11.5. The molecule has 0 radical (unpaired) electrons. The predicted molar refractivity (Wildman–Crippen MR) is 275 cm³/mol. The minimum atomic E-state index is -1.93. The van der Waals surface area contributed by atoms with Crippen LogP contribution in [0.3, 0.4) is 0 Å². The number of benzene rings is 1. The molecule has 1 saturated heterocycles. The van der Waals surface area contributed by atoms with Gasteiger partial charge in [-0.15, -0.1) is 0 Å². The van der Waals surface area contributed by atoms with E-state index in [4.69, 9.17) is 27.7 Å². The zero-order chi connectivity index (χ0) is 56.4. The Morgan fingerprint density at radius 3 is 1.85 bits per heavy atom. The maximum atomic E-state index is 14.3. The molecule has 1 heterocycles. The number of carboxylic acids is 2. The van der Waals surface area contributed by atoms with E-state index in [0.29, 0.717) is 12.0 Å². The van der Waals surface area contributed by atoms with Crippen LogP contribution in [0, 0.1) is 11.8 Å². The number of allylic oxidation sites excluding steroid dienone is 3. The summed E-state index contributed by atoms with van der Waals surface area (Å²) in [6, 6.07) is 0.201. The van der Waals surface area contributed by atoms with Crippen molar-refractivity contribution in [1.82, 2.24) is 37.2 Å². The van der Waals surface area contributed by atoms with Gasteiger partial charge in [-0.25, -0.2) is 9.59 Å². The van der Waals surface area contributed by atoms with Crippen molar-refractivity contribution in [3.05, 3.63) is 71.5 Å². The van der Waals surface area contributed by atoms with E-state index in [9.17, 15) is 58.2 Å². The zero-order valence-corrected chi connectivity index (χ0v) is 43.1. The lowest BCUT2D eigenvalue weighted by molar-refractivity contribution is -0.148. The van der Waals surface area contributed by atoms with Gasteiger partial charge in [0.25, 0.3) is 5.91 Å². The Bertz CT molecular complexity index is 2350. The van der Waals surface area contributed by atoms with Crippen molar-refractivity contribution in [3.63, 3.8) is 0 Å². The van der Waals surface area contributed by atoms with E-state index in [0.717, 1.165) is 5.56 Å². The van der Waals surface area contributed by atoms with Crippen molar-refractivity contribution in [2.24, 2.45) is 44.8 Å². The van der Waals surface area contributed by atoms with Gasteiger partial charge in [0.15, 0.2) is 11.9 Å². The first-order valence-electron chi connectivity index (χ1n) is 24.2. The number of ether oxygens (including phenoxy) is 1. The number of carbonyl (C=O) groups is 10. The molecule has 1 aromatic rings. The molecule has 9 atom stereocenters. The van der Waals surface area contributed by atoms with Crippen LogP contribution >= 0.6 is 0 Å². The molecular formula is C49H73N13O13. The fraction of sp³-hybridized carbons (Fsp3) is 0.510. The molecule has 0 bridgehead atoms. The molecule has 1 aliphatic heterocycles. The van der Waals surface area contributed by atoms with Crippen LogP contribution < -0.4 is 60.2 Å². The highest BCUT2D eigenvalue weighted by Gasteiger charge is 2.34. The van der Waals surface area contributed by atoms with E-state index in [2.05, 4.69) is 47.2 Å². The van der Waals surface area contributed by atoms with Crippen molar-refractivity contribution in [3.8, 4) is 0 Å². The molecule has 0 aromatic heterocycles. The van der Waals surface area contributed by atoms with Gasteiger partial charge in [0.2, 0.25) is 35.4 Å². The first-order chi connectivity index (χ1) is 35.3. The molecule has 412 valence electrons. The summed E-state index contributed by atoms with van der Waals surface area (Å²) in [4.78, 5) is 140. The maximum absolute atomic E-state index is 14.3. The number of nitrogens with one attached hydrogen (secondary N) is 7. The molecular weight excluding hydrogens is 979 g/mol. The van der Waals surface area contributed by atoms with Crippen molar-refractivity contribution in [2.45, 2.75) is 135 Å². The first-order valence-corrected chi connectivity index (χ1v) is 24.2. The summed E-state index contributed by atoms with van der Waals surface area (Å²) in [5.74, 6) is -12.4. The van der Waals surface area contributed by atoms with E-state index >= 15 is 0 Å². The second kappa shape index (κ2) is 32.0. The smallest absolute Gasteiger partial charge is 0.326 e. The van der Waals surface area contributed by atoms with Gasteiger partial charge in [0.1, 0.15) is 42.0 Å². The minimum absolute atomic E-state index is 0.00827. The molecule has 1 aliphatic rings. The van der Waals surface area contributed by atoms with E-state index in [1.807, 2.05) is 43.3 Å². The van der Waals surface area contributed by atoms with Crippen LogP contribution in [0.1, 0.15) is 92.1 Å². The molecule has 0 aliphatic carbocycles. The van der Waals surface area contributed by atoms with Gasteiger partial charge < -0.3 is 75.1 Å². The second-order valence-corrected chi connectivity index (χ2v) is 17.9. The summed E-state index contributed by atoms with van der Waals surface area (Å²) in [6.45, 7) is 8.88. The number of hydrogen-bond acceptors (Lipinski definition) is 13. The largest absolute Gasteiger partial charge is 0.480 e. The first kappa shape index (κ1) is 62.8. The number of nitrogens with zero attached hydrogens (tertiary/aromatic N) is 2. The van der Waals surface area contributed by atoms with E-state index in [1.54, 1.807) is 13.0 Å². The minimum Gasteiger partial charge on any atom is -0.480 e. The average Bonchev–Trinajstić information content (AvgIpc) is 3.33. The number of nitrogens with two attached hydrogens (primary N) is 4. The normalized spacial score (nSPS) is 23.7. The Labute approximate surface area is 434 Å². The number of guanidine groups is 2. The van der Waals surface area contributed by atoms with Gasteiger partial charge in [-0.05, 0) is 58.4 Å². The molecule has 26 nitrogen and oxygen atoms in total. The topological polar surface area (TPSA) is 433 Å². The lowest BCUT2D eigenvalue weighted by Gasteiger charge is -2.27. The SMILES string of the molecule is C/C=C1\NC(=O)CCC(C(=O)O)NC(=O)[C@@H](C)C(/C=C/C(C)=C/[C@H](C)[C@H](Cc2ccccc2)OC(C)=O)NC(=O)C(CCCN=C(N)N)NC(=O)CC(C(=O)O)NC(=O)[C@H](CCCN=C(N)N)NC(=O)[C@@H](C)NC1=O. The third-order valence-corrected chi connectivity index (χ3v) is 11.5. The Morgan fingerprint density at radius 1 is 0.747 bits per heavy atom. The summed E-state index contributed by atoms with van der Waals surface area (Å²) < 4.78 is 5.67. The summed E-state index contributed by atoms with van der Waals surface area (Å²) in [7, 11) is 0. The molecule has 7 amide bonds. The van der Waals surface area contributed by atoms with Crippen molar-refractivity contribution >= 4 is 71.2 Å². The van der Waals surface area contributed by atoms with Crippen LogP contribution in [0.15, 0.2) is 75.9 Å². The van der Waals surface area contributed by atoms with Crippen LogP contribution in [0.25, 0.3) is 0 Å². The molecule has 4 unspecified atom stereocenters. The Morgan fingerprint density at radius 2 is 1.31 bits per heavy atom. The average molecular weight is 1050 g/mol. The number of amides is 7. The Balaban J connectivity index is 2.72. The highest BCUT2D eigenvalue weighted by molar-refractivity contribution is 6.00. The molecule has 0 spiro atoms. The van der Waals surface area contributed by atoms with E-state index in [1.165, 1.54) is 39.8 Å². The zero-order valence-electron chi connectivity index (χ0n) is 43.1. The van der Waals surface area contributed by atoms with Crippen molar-refractivity contribution in [1.29, 1.82) is 0 Å². The number of aliphatic carboxylic acids is 2. The fourth-order valence-corrected chi connectivity index (χ4v) is 7.40. The fourth-order valence-electron chi connectivity index (χ4n) is 7.40. The number of esters is 1. The van der Waals surface area contributed by atoms with Gasteiger partial charge >= 0.3 is 17.9 Å². The van der Waals surface area contributed by atoms with E-state index < -0.39 is 127 Å². The lowest BCUT2D eigenvalue weighted by Crippen LogP contribution is -2.56. The predicted octanol–water partition coefficient (Wildman–Crippen LogP) is -1.66. The molecule has 1 aromatic carbocycles. The van der Waals surface area contributed by atoms with Crippen molar-refractivity contribution < 1.29 is 62.9 Å². The second-order valence-electron chi connectivity index (χ2n) is 17.9. The summed E-state index contributed by atoms with van der Waals surface area (Å²) in [6.07, 6.45) is 3.78. The lowest BCUT2D eigenvalue weighted by atomic mass is 9.94. The highest BCUT2D eigenvalue weighted by atomic mass is 16.5. The Kier molecular flexibility index (Phi) is 26.8. The van der Waals surface area contributed by atoms with Crippen LogP contribution in [-0.2, 0) is 59.1 Å². The van der Waals surface area contributed by atoms with Crippen LogP contribution in [0.5, 0.6) is 0 Å². The number of carbonyl (C=O) groups excluding carboxylic acids is 8. The molecule has 17 N–H and O–H groups in total. The Hall–Kier alpha value is -8.32. The van der Waals surface area contributed by atoms with Gasteiger partial charge in [0, 0.05) is 38.8 Å². The molecule has 0 saturated carbocycles. The third kappa shape index (κ3) is 23.8. The quantitative estimate of drug-likeness (QED) is 0.0207. The number of carboxylic acid groups (broad SMARTS) is 2. The molecule has 75 heavy (non-hydrogen) atoms. The van der Waals surface area contributed by atoms with Gasteiger partial charge in [-0.2, -0.15) is 0 Å². The molecule has 2 rings (SSSR count). The summed E-state index contributed by atoms with van der Waals surface area (Å²) in [5.41, 5.74) is 23.0. The molecule has 26 heteroatoms. The van der Waals surface area contributed by atoms with Crippen molar-refractivity contribution in [2.75, 3.05) is 13.1 Å². The van der Waals surface area contributed by atoms with E-state index in [-0.39, 0.29) is 62.3 Å². The summed E-state index contributed by atoms with van der Waals surface area (Å²) in [5, 5.41) is 37.4. The summed E-state index contributed by atoms with van der Waals surface area (Å²) >= 11 is 0. The number of aliphatic imine (C=N–C) groups is 2. The maximum Gasteiger partial charge on any atom is 0.326 e.